The number of esters is 1. The van der Waals surface area contributed by atoms with Gasteiger partial charge in [0.25, 0.3) is 11.3 Å². The molecule has 3 aromatic carbocycles. The molecule has 1 fully saturated rings. The first-order chi connectivity index (χ1) is 21.7. The number of amides is 2. The van der Waals surface area contributed by atoms with E-state index >= 15 is 0 Å². The molecule has 2 atom stereocenters. The van der Waals surface area contributed by atoms with E-state index < -0.39 is 54.0 Å². The van der Waals surface area contributed by atoms with Crippen molar-refractivity contribution in [2.45, 2.75) is 38.8 Å². The van der Waals surface area contributed by atoms with E-state index in [1.54, 1.807) is 49.4 Å². The molecule has 1 saturated heterocycles. The summed E-state index contributed by atoms with van der Waals surface area (Å²) < 4.78 is 29.8. The van der Waals surface area contributed by atoms with Crippen molar-refractivity contribution in [3.63, 3.8) is 0 Å². The minimum absolute atomic E-state index is 0.0156. The summed E-state index contributed by atoms with van der Waals surface area (Å²) in [6.07, 6.45) is 0.998. The second kappa shape index (κ2) is 16.1. The number of nitrogens with one attached hydrogen (secondary N) is 2. The molecule has 0 bridgehead atoms. The molecule has 240 valence electrons. The van der Waals surface area contributed by atoms with Gasteiger partial charge in [0.05, 0.1) is 18.7 Å². The summed E-state index contributed by atoms with van der Waals surface area (Å²) in [6, 6.07) is 19.9. The van der Waals surface area contributed by atoms with E-state index in [1.165, 1.54) is 4.90 Å². The maximum atomic E-state index is 14.5. The van der Waals surface area contributed by atoms with Gasteiger partial charge in [0, 0.05) is 13.1 Å². The average molecular weight is 637 g/mol. The monoisotopic (exact) mass is 636 g/mol. The highest BCUT2D eigenvalue weighted by molar-refractivity contribution is 7.80. The number of anilines is 1. The van der Waals surface area contributed by atoms with Crippen LogP contribution in [0, 0.1) is 11.3 Å². The van der Waals surface area contributed by atoms with Crippen LogP contribution in [-0.2, 0) is 36.9 Å². The minimum Gasteiger partial charge on any atom is -0.465 e. The van der Waals surface area contributed by atoms with Gasteiger partial charge in [0.1, 0.15) is 12.6 Å². The summed E-state index contributed by atoms with van der Waals surface area (Å²) in [4.78, 5) is 43.3. The van der Waals surface area contributed by atoms with Crippen molar-refractivity contribution in [1.82, 2.24) is 15.1 Å². The molecular formula is C32H40N6O6S. The number of hydrogen-bond acceptors (Lipinski definition) is 7. The van der Waals surface area contributed by atoms with Crippen molar-refractivity contribution in [3.8, 4) is 0 Å². The smallest absolute Gasteiger partial charge is 0.325 e. The second-order valence-corrected chi connectivity index (χ2v) is 11.7. The number of piperidine rings is 1. The number of fused-ring (bicyclic) bond motifs is 1. The van der Waals surface area contributed by atoms with E-state index in [0.29, 0.717) is 5.56 Å². The molecular weight excluding hydrogens is 596 g/mol. The SMILES string of the molecule is CCOC(=O)CN(Cc1ccccc1)C(=O)C(CC(=O)N(CC1CCNCC1)C(=N)N)N(c1ccc2ccccc2c1)S(=O)O. The number of carbonyl (C=O) groups is 3. The summed E-state index contributed by atoms with van der Waals surface area (Å²) in [5, 5.41) is 13.1. The van der Waals surface area contributed by atoms with Gasteiger partial charge in [-0.15, -0.1) is 0 Å². The Kier molecular flexibility index (Phi) is 12.0. The third-order valence-electron chi connectivity index (χ3n) is 7.74. The average Bonchev–Trinajstić information content (AvgIpc) is 3.03. The van der Waals surface area contributed by atoms with Gasteiger partial charge in [-0.2, -0.15) is 0 Å². The van der Waals surface area contributed by atoms with Gasteiger partial charge in [-0.25, -0.2) is 4.21 Å². The third-order valence-corrected chi connectivity index (χ3v) is 8.54. The molecule has 13 heteroatoms. The van der Waals surface area contributed by atoms with Gasteiger partial charge in [-0.3, -0.25) is 33.6 Å². The molecule has 0 saturated carbocycles. The molecule has 12 nitrogen and oxygen atoms in total. The van der Waals surface area contributed by atoms with Crippen LogP contribution < -0.4 is 15.4 Å². The summed E-state index contributed by atoms with van der Waals surface area (Å²) in [7, 11) is 0. The molecule has 0 aromatic heterocycles. The van der Waals surface area contributed by atoms with Crippen molar-refractivity contribution in [3.05, 3.63) is 78.4 Å². The zero-order valence-corrected chi connectivity index (χ0v) is 26.1. The van der Waals surface area contributed by atoms with Crippen LogP contribution in [0.5, 0.6) is 0 Å². The van der Waals surface area contributed by atoms with E-state index in [9.17, 15) is 23.1 Å². The van der Waals surface area contributed by atoms with Gasteiger partial charge in [0.2, 0.25) is 11.8 Å². The van der Waals surface area contributed by atoms with Crippen molar-refractivity contribution < 1.29 is 27.9 Å². The summed E-state index contributed by atoms with van der Waals surface area (Å²) in [5.41, 5.74) is 6.80. The Bertz CT molecular complexity index is 1520. The first-order valence-electron chi connectivity index (χ1n) is 14.9. The van der Waals surface area contributed by atoms with Crippen molar-refractivity contribution in [1.29, 1.82) is 5.41 Å². The van der Waals surface area contributed by atoms with Crippen molar-refractivity contribution in [2.75, 3.05) is 37.1 Å². The Morgan fingerprint density at radius 3 is 2.36 bits per heavy atom. The summed E-state index contributed by atoms with van der Waals surface area (Å²) in [6.45, 7) is 3.02. The number of nitrogens with two attached hydrogens (primary N) is 1. The van der Waals surface area contributed by atoms with Crippen molar-refractivity contribution in [2.24, 2.45) is 11.7 Å². The van der Waals surface area contributed by atoms with Crippen LogP contribution in [0.3, 0.4) is 0 Å². The van der Waals surface area contributed by atoms with Crippen LogP contribution in [0.15, 0.2) is 72.8 Å². The first kappa shape index (κ1) is 33.6. The fourth-order valence-electron chi connectivity index (χ4n) is 5.48. The lowest BCUT2D eigenvalue weighted by atomic mass is 9.97. The van der Waals surface area contributed by atoms with Gasteiger partial charge in [-0.1, -0.05) is 60.7 Å². The maximum Gasteiger partial charge on any atom is 0.325 e. The van der Waals surface area contributed by atoms with Gasteiger partial charge in [-0.05, 0) is 67.2 Å². The Hall–Kier alpha value is -4.33. The quantitative estimate of drug-likeness (QED) is 0.0961. The van der Waals surface area contributed by atoms with Crippen LogP contribution in [-0.4, -0.2) is 81.1 Å². The van der Waals surface area contributed by atoms with Crippen LogP contribution in [0.25, 0.3) is 10.8 Å². The van der Waals surface area contributed by atoms with E-state index in [4.69, 9.17) is 15.9 Å². The van der Waals surface area contributed by atoms with E-state index in [0.717, 1.165) is 45.9 Å². The fourth-order valence-corrected chi connectivity index (χ4v) is 6.16. The molecule has 0 aliphatic carbocycles. The normalized spacial score (nSPS) is 14.7. The molecule has 2 amide bonds. The van der Waals surface area contributed by atoms with Crippen LogP contribution >= 0.6 is 0 Å². The van der Waals surface area contributed by atoms with Gasteiger partial charge < -0.3 is 20.7 Å². The molecule has 4 rings (SSSR count). The number of guanidine groups is 1. The maximum absolute atomic E-state index is 14.5. The minimum atomic E-state index is -2.77. The first-order valence-corrected chi connectivity index (χ1v) is 16.0. The third kappa shape index (κ3) is 9.10. The fraction of sp³-hybridized carbons (Fsp3) is 0.375. The molecule has 5 N–H and O–H groups in total. The van der Waals surface area contributed by atoms with Crippen LogP contribution in [0.1, 0.15) is 31.7 Å². The van der Waals surface area contributed by atoms with Gasteiger partial charge >= 0.3 is 5.97 Å². The Morgan fingerprint density at radius 2 is 1.71 bits per heavy atom. The van der Waals surface area contributed by atoms with Crippen LogP contribution in [0.4, 0.5) is 5.69 Å². The predicted octanol–water partition coefficient (Wildman–Crippen LogP) is 2.86. The van der Waals surface area contributed by atoms with Crippen molar-refractivity contribution >= 4 is 51.5 Å². The Morgan fingerprint density at radius 1 is 1.04 bits per heavy atom. The van der Waals surface area contributed by atoms with E-state index in [1.807, 2.05) is 30.3 Å². The molecule has 0 radical (unpaired) electrons. The highest BCUT2D eigenvalue weighted by Gasteiger charge is 2.38. The summed E-state index contributed by atoms with van der Waals surface area (Å²) >= 11 is -2.77. The number of ether oxygens (including phenoxy) is 1. The Balaban J connectivity index is 1.75. The van der Waals surface area contributed by atoms with Gasteiger partial charge in [0.15, 0.2) is 5.96 Å². The number of carbonyl (C=O) groups excluding carboxylic acids is 3. The zero-order chi connectivity index (χ0) is 32.3. The lowest BCUT2D eigenvalue weighted by Gasteiger charge is -2.35. The molecule has 1 heterocycles. The number of hydrogen-bond donors (Lipinski definition) is 4. The summed E-state index contributed by atoms with van der Waals surface area (Å²) in [5.74, 6) is -2.42. The van der Waals surface area contributed by atoms with E-state index in [-0.39, 0.29) is 31.3 Å². The molecule has 3 aromatic rings. The highest BCUT2D eigenvalue weighted by Crippen LogP contribution is 2.28. The topological polar surface area (TPSA) is 169 Å². The molecule has 1 aliphatic rings. The standard InChI is InChI=1S/C32H40N6O6S/c1-2-44-30(40)22-36(20-23-8-4-3-5-9-23)31(41)28(19-29(39)37(32(33)34)21-24-14-16-35-17-15-24)38(45(42)43)27-13-12-25-10-6-7-11-26(25)18-27/h3-13,18,24,28,35H,2,14-17,19-22H2,1H3,(H3,33,34)(H,42,43). The molecule has 0 spiro atoms. The van der Waals surface area contributed by atoms with E-state index in [2.05, 4.69) is 5.32 Å². The zero-order valence-electron chi connectivity index (χ0n) is 25.3. The number of benzene rings is 3. The lowest BCUT2D eigenvalue weighted by Crippen LogP contribution is -2.54. The van der Waals surface area contributed by atoms with Crippen LogP contribution in [0.2, 0.25) is 0 Å². The lowest BCUT2D eigenvalue weighted by molar-refractivity contribution is -0.150. The highest BCUT2D eigenvalue weighted by atomic mass is 32.2. The Labute approximate surface area is 265 Å². The number of nitrogens with zero attached hydrogens (tertiary/aromatic N) is 3. The molecule has 2 unspecified atom stereocenters. The molecule has 1 aliphatic heterocycles. The predicted molar refractivity (Wildman–Crippen MR) is 173 cm³/mol. The largest absolute Gasteiger partial charge is 0.465 e. The number of rotatable bonds is 13. The second-order valence-electron chi connectivity index (χ2n) is 10.9. The molecule has 45 heavy (non-hydrogen) atoms.